The molecule has 0 aromatic carbocycles. The van der Waals surface area contributed by atoms with E-state index in [0.717, 1.165) is 89.9 Å². The highest BCUT2D eigenvalue weighted by atomic mass is 16.6. The van der Waals surface area contributed by atoms with Crippen LogP contribution in [0.25, 0.3) is 0 Å². The first-order valence-electron chi connectivity index (χ1n) is 33.4. The summed E-state index contributed by atoms with van der Waals surface area (Å²) in [6, 6.07) is 0. The van der Waals surface area contributed by atoms with E-state index in [1.165, 1.54) is 212 Å². The Morgan fingerprint density at radius 3 is 0.818 bits per heavy atom. The highest BCUT2D eigenvalue weighted by molar-refractivity contribution is 5.71. The number of hydrogen-bond acceptors (Lipinski definition) is 6. The maximum atomic E-state index is 12.9. The number of ether oxygens (including phenoxy) is 3. The topological polar surface area (TPSA) is 78.9 Å². The lowest BCUT2D eigenvalue weighted by Crippen LogP contribution is -2.30. The molecule has 6 heteroatoms. The zero-order valence-corrected chi connectivity index (χ0v) is 51.2. The van der Waals surface area contributed by atoms with Gasteiger partial charge in [0.05, 0.1) is 0 Å². The van der Waals surface area contributed by atoms with E-state index < -0.39 is 6.10 Å². The van der Waals surface area contributed by atoms with Crippen molar-refractivity contribution in [2.45, 2.75) is 348 Å². The van der Waals surface area contributed by atoms with Crippen LogP contribution >= 0.6 is 0 Å². The van der Waals surface area contributed by atoms with Gasteiger partial charge in [-0.2, -0.15) is 0 Å². The van der Waals surface area contributed by atoms with Crippen LogP contribution in [0.3, 0.4) is 0 Å². The number of esters is 3. The molecule has 0 amide bonds. The van der Waals surface area contributed by atoms with E-state index in [0.29, 0.717) is 19.3 Å². The first-order valence-corrected chi connectivity index (χ1v) is 33.4. The Bertz CT molecular complexity index is 1420. The van der Waals surface area contributed by atoms with Gasteiger partial charge < -0.3 is 14.2 Å². The minimum Gasteiger partial charge on any atom is -0.462 e. The van der Waals surface area contributed by atoms with Crippen LogP contribution in [0.15, 0.2) is 72.9 Å². The van der Waals surface area contributed by atoms with Crippen molar-refractivity contribution >= 4 is 17.9 Å². The summed E-state index contributed by atoms with van der Waals surface area (Å²) in [6.07, 6.45) is 85.0. The average molecular weight is 1080 g/mol. The summed E-state index contributed by atoms with van der Waals surface area (Å²) in [5, 5.41) is 0. The van der Waals surface area contributed by atoms with Gasteiger partial charge in [0.15, 0.2) is 6.10 Å². The number of carbonyl (C=O) groups excluding carboxylic acids is 3. The Hall–Kier alpha value is -3.15. The maximum Gasteiger partial charge on any atom is 0.306 e. The summed E-state index contributed by atoms with van der Waals surface area (Å²) in [4.78, 5) is 38.3. The Morgan fingerprint density at radius 2 is 0.506 bits per heavy atom. The molecule has 0 aliphatic carbocycles. The van der Waals surface area contributed by atoms with E-state index in [1.54, 1.807) is 0 Å². The molecule has 77 heavy (non-hydrogen) atoms. The second-order valence-corrected chi connectivity index (χ2v) is 22.3. The monoisotopic (exact) mass is 1070 g/mol. The zero-order chi connectivity index (χ0) is 55.7. The highest BCUT2D eigenvalue weighted by Gasteiger charge is 2.19. The van der Waals surface area contributed by atoms with E-state index in [9.17, 15) is 14.4 Å². The number of allylic oxidation sites excluding steroid dienone is 12. The minimum atomic E-state index is -0.789. The third-order valence-corrected chi connectivity index (χ3v) is 14.7. The van der Waals surface area contributed by atoms with E-state index in [2.05, 4.69) is 93.7 Å². The van der Waals surface area contributed by atoms with Crippen molar-refractivity contribution < 1.29 is 28.6 Å². The third kappa shape index (κ3) is 63.6. The summed E-state index contributed by atoms with van der Waals surface area (Å²) in [5.41, 5.74) is 0. The molecule has 1 unspecified atom stereocenters. The van der Waals surface area contributed by atoms with Crippen molar-refractivity contribution in [2.75, 3.05) is 13.2 Å². The predicted molar refractivity (Wildman–Crippen MR) is 335 cm³/mol. The van der Waals surface area contributed by atoms with Crippen LogP contribution in [0.2, 0.25) is 0 Å². The van der Waals surface area contributed by atoms with E-state index in [-0.39, 0.29) is 31.1 Å². The van der Waals surface area contributed by atoms with Crippen molar-refractivity contribution in [3.8, 4) is 0 Å². The molecule has 0 aromatic rings. The standard InChI is InChI=1S/C71H126O6/c1-4-7-10-13-16-19-22-25-27-29-31-32-33-34-35-36-37-38-40-41-43-46-49-52-55-58-61-64-70(73)76-67-68(66-75-69(72)63-60-57-54-51-48-45-24-21-18-15-12-9-6-3)77-71(74)65-62-59-56-53-50-47-44-42-39-30-28-26-23-20-17-14-11-8-5-2/h9,12,18,21-22,25-26,28-29,31,45,48,68H,4-8,10-11,13-17,19-20,23-24,27,30,32-44,46-47,49-67H2,1-3H3/b12-9-,21-18-,25-22-,28-26-,31-29-,48-45-. The SMILES string of the molecule is CC/C=C\C/C=C\C/C=C\CCCCCC(=O)OCC(COC(=O)CCCCCCCCCCCCCCCCC/C=C\C/C=C\CCCCCCC)OC(=O)CCCCCCCCCCC/C=C\CCCCCCCC. The molecule has 0 aliphatic heterocycles. The lowest BCUT2D eigenvalue weighted by Gasteiger charge is -2.18. The van der Waals surface area contributed by atoms with Gasteiger partial charge in [-0.3, -0.25) is 14.4 Å². The van der Waals surface area contributed by atoms with Gasteiger partial charge in [0.1, 0.15) is 13.2 Å². The molecule has 0 N–H and O–H groups in total. The van der Waals surface area contributed by atoms with E-state index in [4.69, 9.17) is 14.2 Å². The van der Waals surface area contributed by atoms with Gasteiger partial charge >= 0.3 is 17.9 Å². The smallest absolute Gasteiger partial charge is 0.306 e. The third-order valence-electron chi connectivity index (χ3n) is 14.7. The molecular formula is C71H126O6. The van der Waals surface area contributed by atoms with E-state index in [1.807, 2.05) is 0 Å². The predicted octanol–water partition coefficient (Wildman–Crippen LogP) is 22.9. The second-order valence-electron chi connectivity index (χ2n) is 22.3. The van der Waals surface area contributed by atoms with Gasteiger partial charge in [0.25, 0.3) is 0 Å². The quantitative estimate of drug-likeness (QED) is 0.0261. The van der Waals surface area contributed by atoms with Crippen LogP contribution in [-0.4, -0.2) is 37.2 Å². The number of carbonyl (C=O) groups is 3. The Kier molecular flexibility index (Phi) is 62.7. The summed E-state index contributed by atoms with van der Waals surface area (Å²) >= 11 is 0. The molecule has 0 bridgehead atoms. The average Bonchev–Trinajstić information content (AvgIpc) is 3.43. The van der Waals surface area contributed by atoms with Crippen LogP contribution < -0.4 is 0 Å². The summed E-state index contributed by atoms with van der Waals surface area (Å²) in [7, 11) is 0. The zero-order valence-electron chi connectivity index (χ0n) is 51.2. The van der Waals surface area contributed by atoms with Crippen LogP contribution in [0, 0.1) is 0 Å². The van der Waals surface area contributed by atoms with E-state index >= 15 is 0 Å². The van der Waals surface area contributed by atoms with Gasteiger partial charge in [-0.15, -0.1) is 0 Å². The fourth-order valence-electron chi connectivity index (χ4n) is 9.66. The molecule has 0 saturated carbocycles. The Morgan fingerprint density at radius 1 is 0.273 bits per heavy atom. The molecule has 0 aromatic heterocycles. The molecule has 1 atom stereocenters. The van der Waals surface area contributed by atoms with Crippen molar-refractivity contribution in [3.63, 3.8) is 0 Å². The molecule has 0 rings (SSSR count). The van der Waals surface area contributed by atoms with Gasteiger partial charge in [-0.1, -0.05) is 286 Å². The van der Waals surface area contributed by atoms with Gasteiger partial charge in [0.2, 0.25) is 0 Å². The number of hydrogen-bond donors (Lipinski definition) is 0. The maximum absolute atomic E-state index is 12.9. The molecule has 6 nitrogen and oxygen atoms in total. The number of unbranched alkanes of at least 4 members (excludes halogenated alkanes) is 38. The lowest BCUT2D eigenvalue weighted by atomic mass is 10.0. The molecule has 0 saturated heterocycles. The highest BCUT2D eigenvalue weighted by Crippen LogP contribution is 2.17. The fourth-order valence-corrected chi connectivity index (χ4v) is 9.66. The normalized spacial score (nSPS) is 12.5. The molecule has 0 fully saturated rings. The van der Waals surface area contributed by atoms with Crippen LogP contribution in [0.5, 0.6) is 0 Å². The molecule has 0 aliphatic rings. The van der Waals surface area contributed by atoms with Crippen LogP contribution in [0.1, 0.15) is 342 Å². The van der Waals surface area contributed by atoms with Crippen LogP contribution in [0.4, 0.5) is 0 Å². The van der Waals surface area contributed by atoms with Gasteiger partial charge in [-0.25, -0.2) is 0 Å². The van der Waals surface area contributed by atoms with Gasteiger partial charge in [0, 0.05) is 19.3 Å². The first-order chi connectivity index (χ1) is 38.0. The molecule has 0 heterocycles. The Labute approximate surface area is 478 Å². The summed E-state index contributed by atoms with van der Waals surface area (Å²) in [5.74, 6) is -0.900. The van der Waals surface area contributed by atoms with Crippen LogP contribution in [-0.2, 0) is 28.6 Å². The first kappa shape index (κ1) is 73.8. The minimum absolute atomic E-state index is 0.0834. The molecule has 0 radical (unpaired) electrons. The Balaban J connectivity index is 4.26. The number of rotatable bonds is 61. The largest absolute Gasteiger partial charge is 0.462 e. The van der Waals surface area contributed by atoms with Gasteiger partial charge in [-0.05, 0) is 109 Å². The fraction of sp³-hybridized carbons (Fsp3) is 0.789. The van der Waals surface area contributed by atoms with Crippen molar-refractivity contribution in [2.24, 2.45) is 0 Å². The van der Waals surface area contributed by atoms with Crippen molar-refractivity contribution in [1.82, 2.24) is 0 Å². The van der Waals surface area contributed by atoms with Crippen molar-refractivity contribution in [3.05, 3.63) is 72.9 Å². The summed E-state index contributed by atoms with van der Waals surface area (Å²) < 4.78 is 16.9. The summed E-state index contributed by atoms with van der Waals surface area (Å²) in [6.45, 7) is 6.53. The second kappa shape index (κ2) is 65.4. The molecular weight excluding hydrogens is 949 g/mol. The molecule has 446 valence electrons. The van der Waals surface area contributed by atoms with Crippen molar-refractivity contribution in [1.29, 1.82) is 0 Å². The lowest BCUT2D eigenvalue weighted by molar-refractivity contribution is -0.167. The molecule has 0 spiro atoms.